The number of anilines is 1. The smallest absolute Gasteiger partial charge is 0.417 e. The molecule has 45 heavy (non-hydrogen) atoms. The highest BCUT2D eigenvalue weighted by Crippen LogP contribution is 2.63. The zero-order valence-corrected chi connectivity index (χ0v) is 24.5. The number of alkyl halides is 3. The molecule has 0 aliphatic carbocycles. The standard InChI is InChI=1S/C20H19F3N5O14P3/c21-20(22,23)12-6-15(29)39-13-5-9(1-3-11(12)13)40-44(33,34)42-45(35,36)41-43(31,32)37-7-10-2-4-14(38-10)28-8-25-16-17(28)26-19(24)27-18(16)30/h1,3,5-6,8,10,14H,2,4,7H2,(H,31,32)(H,33,34)(H,35,36)(H3,24,26,27,30)/p-3. The molecule has 3 N–H and O–H groups in total. The van der Waals surface area contributed by atoms with Crippen LogP contribution in [-0.2, 0) is 37.8 Å². The number of fused-ring (bicyclic) bond motifs is 2. The molecule has 5 rings (SSSR count). The zero-order chi connectivity index (χ0) is 32.9. The third-order valence-corrected chi connectivity index (χ3v) is 10.0. The van der Waals surface area contributed by atoms with Crippen LogP contribution < -0.4 is 36.1 Å². The van der Waals surface area contributed by atoms with Crippen LogP contribution in [-0.4, -0.2) is 32.2 Å². The van der Waals surface area contributed by atoms with Crippen LogP contribution in [0.15, 0.2) is 44.6 Å². The maximum Gasteiger partial charge on any atom is 0.417 e. The van der Waals surface area contributed by atoms with Crippen molar-refractivity contribution < 1.29 is 68.4 Å². The summed E-state index contributed by atoms with van der Waals surface area (Å²) in [6.07, 6.45) is -5.11. The molecule has 4 heterocycles. The third kappa shape index (κ3) is 7.70. The lowest BCUT2D eigenvalue weighted by Crippen LogP contribution is -2.21. The second-order valence-electron chi connectivity index (χ2n) is 9.09. The molecule has 1 aliphatic heterocycles. The minimum absolute atomic E-state index is 0.0430. The van der Waals surface area contributed by atoms with Gasteiger partial charge in [0.15, 0.2) is 11.2 Å². The van der Waals surface area contributed by atoms with Crippen LogP contribution >= 0.6 is 23.5 Å². The van der Waals surface area contributed by atoms with Gasteiger partial charge in [-0.3, -0.25) is 28.0 Å². The van der Waals surface area contributed by atoms with Crippen LogP contribution in [0.5, 0.6) is 5.75 Å². The van der Waals surface area contributed by atoms with E-state index in [0.717, 1.165) is 0 Å². The van der Waals surface area contributed by atoms with Crippen LogP contribution in [0, 0.1) is 0 Å². The molecule has 3 aromatic heterocycles. The number of ether oxygens (including phenoxy) is 1. The van der Waals surface area contributed by atoms with E-state index >= 15 is 0 Å². The molecule has 0 saturated carbocycles. The normalized spacial score (nSPS) is 21.4. The quantitative estimate of drug-likeness (QED) is 0.172. The van der Waals surface area contributed by atoms with Crippen molar-refractivity contribution in [2.75, 3.05) is 12.3 Å². The lowest BCUT2D eigenvalue weighted by Gasteiger charge is -2.34. The number of phosphoric ester groups is 2. The molecule has 1 aliphatic rings. The molecule has 1 saturated heterocycles. The summed E-state index contributed by atoms with van der Waals surface area (Å²) in [5.74, 6) is -1.06. The molecule has 25 heteroatoms. The van der Waals surface area contributed by atoms with E-state index in [9.17, 15) is 51.1 Å². The number of hydrogen-bond donors (Lipinski definition) is 2. The number of halogens is 3. The Hall–Kier alpha value is -3.42. The summed E-state index contributed by atoms with van der Waals surface area (Å²) in [7, 11) is -18.2. The molecule has 19 nitrogen and oxygen atoms in total. The number of H-pyrrole nitrogens is 1. The largest absolute Gasteiger partial charge is 0.756 e. The van der Waals surface area contributed by atoms with E-state index in [4.69, 9.17) is 10.5 Å². The molecule has 0 amide bonds. The minimum atomic E-state index is -6.29. The van der Waals surface area contributed by atoms with E-state index in [2.05, 4.69) is 37.0 Å². The average molecular weight is 700 g/mol. The number of aromatic amines is 1. The molecule has 4 aromatic rings. The Bertz CT molecular complexity index is 2050. The van der Waals surface area contributed by atoms with Gasteiger partial charge in [0.2, 0.25) is 5.95 Å². The van der Waals surface area contributed by atoms with Crippen molar-refractivity contribution in [2.24, 2.45) is 0 Å². The first kappa shape index (κ1) is 33.0. The fourth-order valence-electron chi connectivity index (χ4n) is 4.21. The lowest BCUT2D eigenvalue weighted by molar-refractivity contribution is -0.249. The zero-order valence-electron chi connectivity index (χ0n) is 21.8. The molecule has 0 bridgehead atoms. The van der Waals surface area contributed by atoms with E-state index in [-0.39, 0.29) is 36.0 Å². The fourth-order valence-corrected chi connectivity index (χ4v) is 7.60. The predicted molar refractivity (Wildman–Crippen MR) is 135 cm³/mol. The van der Waals surface area contributed by atoms with Gasteiger partial charge >= 0.3 is 19.6 Å². The monoisotopic (exact) mass is 700 g/mol. The lowest BCUT2D eigenvalue weighted by atomic mass is 10.1. The molecule has 5 atom stereocenters. The number of rotatable bonds is 10. The van der Waals surface area contributed by atoms with E-state index in [0.29, 0.717) is 18.2 Å². The molecule has 1 aromatic carbocycles. The first-order chi connectivity index (χ1) is 20.8. The molecule has 1 fully saturated rings. The van der Waals surface area contributed by atoms with E-state index < -0.39 is 82.1 Å². The summed E-state index contributed by atoms with van der Waals surface area (Å²) in [5.41, 5.74) is 1.34. The summed E-state index contributed by atoms with van der Waals surface area (Å²) in [6, 6.07) is 1.99. The molecule has 0 radical (unpaired) electrons. The van der Waals surface area contributed by atoms with Gasteiger partial charge in [-0.05, 0) is 25.0 Å². The number of nitrogen functional groups attached to an aromatic ring is 1. The van der Waals surface area contributed by atoms with Crippen LogP contribution in [0.3, 0.4) is 0 Å². The molecule has 244 valence electrons. The average Bonchev–Trinajstić information content (AvgIpc) is 3.51. The Balaban J connectivity index is 1.19. The number of phosphoric acid groups is 3. The fraction of sp³-hybridized carbons (Fsp3) is 0.300. The maximum absolute atomic E-state index is 13.2. The number of imidazole rings is 1. The van der Waals surface area contributed by atoms with Crippen molar-refractivity contribution in [1.82, 2.24) is 19.5 Å². The van der Waals surface area contributed by atoms with Crippen molar-refractivity contribution in [2.45, 2.75) is 31.3 Å². The van der Waals surface area contributed by atoms with Crippen molar-refractivity contribution in [1.29, 1.82) is 0 Å². The Labute approximate surface area is 246 Å². The van der Waals surface area contributed by atoms with Crippen molar-refractivity contribution >= 4 is 51.5 Å². The number of nitrogens with one attached hydrogen (secondary N) is 1. The van der Waals surface area contributed by atoms with E-state index in [1.807, 2.05) is 0 Å². The molecule has 5 unspecified atom stereocenters. The number of hydrogen-bond acceptors (Lipinski definition) is 17. The molecular formula is C20H16F3N5O14P3-3. The second kappa shape index (κ2) is 11.7. The van der Waals surface area contributed by atoms with E-state index in [1.54, 1.807) is 0 Å². The van der Waals surface area contributed by atoms with Gasteiger partial charge < -0.3 is 38.6 Å². The number of nitrogens with zero attached hydrogens (tertiary/aromatic N) is 3. The summed E-state index contributed by atoms with van der Waals surface area (Å²) in [4.78, 5) is 69.9. The number of benzene rings is 1. The Morgan fingerprint density at radius 1 is 1.07 bits per heavy atom. The topological polar surface area (TPSA) is 286 Å². The van der Waals surface area contributed by atoms with Crippen LogP contribution in [0.4, 0.5) is 19.1 Å². The highest BCUT2D eigenvalue weighted by Gasteiger charge is 2.35. The van der Waals surface area contributed by atoms with Crippen molar-refractivity contribution in [3.63, 3.8) is 0 Å². The first-order valence-corrected chi connectivity index (χ1v) is 16.4. The summed E-state index contributed by atoms with van der Waals surface area (Å²) < 4.78 is 104. The Morgan fingerprint density at radius 3 is 2.49 bits per heavy atom. The number of aromatic nitrogens is 4. The Morgan fingerprint density at radius 2 is 1.78 bits per heavy atom. The maximum atomic E-state index is 13.2. The summed E-state index contributed by atoms with van der Waals surface area (Å²) in [6.45, 7) is -0.798. The minimum Gasteiger partial charge on any atom is -0.756 e. The third-order valence-electron chi connectivity index (χ3n) is 5.90. The molecular weight excluding hydrogens is 684 g/mol. The highest BCUT2D eigenvalue weighted by atomic mass is 31.3. The van der Waals surface area contributed by atoms with Crippen LogP contribution in [0.25, 0.3) is 22.1 Å². The van der Waals surface area contributed by atoms with Gasteiger partial charge in [-0.2, -0.15) is 18.2 Å². The van der Waals surface area contributed by atoms with Gasteiger partial charge in [-0.1, -0.05) is 0 Å². The SMILES string of the molecule is Nc1nc2c(ncn2C2CCC(COP(=O)([O-])OP(=O)([O-])OP(=O)([O-])Oc3ccc4c(C(F)(F)F)cc(=O)oc4c3)O2)c(=O)[nH]1. The summed E-state index contributed by atoms with van der Waals surface area (Å²) in [5, 5.41) is -0.661. The van der Waals surface area contributed by atoms with Gasteiger partial charge in [-0.25, -0.2) is 18.4 Å². The van der Waals surface area contributed by atoms with Gasteiger partial charge in [0.05, 0.1) is 24.6 Å². The first-order valence-electron chi connectivity index (χ1n) is 12.0. The van der Waals surface area contributed by atoms with Gasteiger partial charge in [0.25, 0.3) is 21.2 Å². The van der Waals surface area contributed by atoms with Gasteiger partial charge in [0.1, 0.15) is 17.6 Å². The van der Waals surface area contributed by atoms with E-state index in [1.165, 1.54) is 10.9 Å². The van der Waals surface area contributed by atoms with Gasteiger partial charge in [0, 0.05) is 17.5 Å². The van der Waals surface area contributed by atoms with Crippen LogP contribution in [0.1, 0.15) is 24.6 Å². The van der Waals surface area contributed by atoms with Crippen LogP contribution in [0.2, 0.25) is 0 Å². The molecule has 0 spiro atoms. The summed E-state index contributed by atoms with van der Waals surface area (Å²) >= 11 is 0. The predicted octanol–water partition coefficient (Wildman–Crippen LogP) is 1.04. The highest BCUT2D eigenvalue weighted by molar-refractivity contribution is 7.65. The van der Waals surface area contributed by atoms with Crippen molar-refractivity contribution in [3.05, 3.63) is 56.9 Å². The van der Waals surface area contributed by atoms with Crippen molar-refractivity contribution in [3.8, 4) is 5.75 Å². The van der Waals surface area contributed by atoms with Gasteiger partial charge in [-0.15, -0.1) is 0 Å². The second-order valence-corrected chi connectivity index (χ2v) is 13.5. The number of nitrogens with two attached hydrogens (primary N) is 1. The Kier molecular flexibility index (Phi) is 8.60.